The fourth-order valence-electron chi connectivity index (χ4n) is 0.845. The molecule has 0 spiro atoms. The van der Waals surface area contributed by atoms with Gasteiger partial charge in [-0.2, -0.15) is 0 Å². The molecule has 0 amide bonds. The molecular weight excluding hydrogens is 207 g/mol. The maximum Gasteiger partial charge on any atom is 0.574 e. The van der Waals surface area contributed by atoms with E-state index in [2.05, 4.69) is 9.72 Å². The van der Waals surface area contributed by atoms with E-state index in [-0.39, 0.29) is 0 Å². The third-order valence-electron chi connectivity index (χ3n) is 1.43. The first-order valence-corrected chi connectivity index (χ1v) is 4.72. The van der Waals surface area contributed by atoms with Crippen LogP contribution in [0.25, 0.3) is 0 Å². The van der Waals surface area contributed by atoms with E-state index in [1.54, 1.807) is 6.07 Å². The Balaban J connectivity index is 0.000000921. The van der Waals surface area contributed by atoms with Crippen LogP contribution >= 0.6 is 0 Å². The van der Waals surface area contributed by atoms with Gasteiger partial charge >= 0.3 is 6.36 Å². The second kappa shape index (κ2) is 6.27. The van der Waals surface area contributed by atoms with Crippen molar-refractivity contribution in [2.75, 3.05) is 0 Å². The van der Waals surface area contributed by atoms with Gasteiger partial charge in [-0.25, -0.2) is 4.98 Å². The van der Waals surface area contributed by atoms with Gasteiger partial charge in [0.05, 0.1) is 0 Å². The molecule has 0 aliphatic heterocycles. The van der Waals surface area contributed by atoms with Crippen LogP contribution in [0.15, 0.2) is 18.3 Å². The lowest BCUT2D eigenvalue weighted by Gasteiger charge is -2.07. The van der Waals surface area contributed by atoms with Gasteiger partial charge in [0.1, 0.15) is 0 Å². The van der Waals surface area contributed by atoms with Gasteiger partial charge in [-0.1, -0.05) is 20.8 Å². The van der Waals surface area contributed by atoms with Crippen LogP contribution in [0.1, 0.15) is 26.3 Å². The van der Waals surface area contributed by atoms with Crippen molar-refractivity contribution < 1.29 is 17.9 Å². The first kappa shape index (κ1) is 13.7. The number of rotatable bonds is 2. The van der Waals surface area contributed by atoms with E-state index in [9.17, 15) is 13.2 Å². The van der Waals surface area contributed by atoms with Crippen LogP contribution in [-0.2, 0) is 6.42 Å². The first-order valence-electron chi connectivity index (χ1n) is 4.72. The summed E-state index contributed by atoms with van der Waals surface area (Å²) in [5.41, 5.74) is 0.759. The predicted octanol–water partition coefficient (Wildman–Crippen LogP) is 3.57. The zero-order valence-electron chi connectivity index (χ0n) is 8.93. The van der Waals surface area contributed by atoms with Gasteiger partial charge in [-0.3, -0.25) is 0 Å². The first-order chi connectivity index (χ1) is 7.01. The Kier molecular flexibility index (Phi) is 5.74. The summed E-state index contributed by atoms with van der Waals surface area (Å²) in [6, 6.07) is 2.91. The summed E-state index contributed by atoms with van der Waals surface area (Å²) in [6.07, 6.45) is -2.73. The van der Waals surface area contributed by atoms with Crippen LogP contribution in [0.5, 0.6) is 5.88 Å². The maximum absolute atomic E-state index is 11.7. The minimum absolute atomic E-state index is 0.410. The Morgan fingerprint density at radius 3 is 2.40 bits per heavy atom. The van der Waals surface area contributed by atoms with Crippen molar-refractivity contribution in [3.05, 3.63) is 23.9 Å². The van der Waals surface area contributed by atoms with Crippen LogP contribution in [0, 0.1) is 0 Å². The van der Waals surface area contributed by atoms with E-state index in [4.69, 9.17) is 0 Å². The lowest BCUT2D eigenvalue weighted by atomic mass is 10.2. The molecule has 0 bridgehead atoms. The van der Waals surface area contributed by atoms with E-state index < -0.39 is 12.2 Å². The van der Waals surface area contributed by atoms with Gasteiger partial charge in [0.25, 0.3) is 0 Å². The topological polar surface area (TPSA) is 22.1 Å². The molecule has 0 atom stereocenters. The van der Waals surface area contributed by atoms with Crippen molar-refractivity contribution in [2.45, 2.75) is 33.6 Å². The summed E-state index contributed by atoms with van der Waals surface area (Å²) in [4.78, 5) is 3.43. The van der Waals surface area contributed by atoms with Crippen LogP contribution in [-0.4, -0.2) is 11.3 Å². The van der Waals surface area contributed by atoms with Gasteiger partial charge in [-0.15, -0.1) is 13.2 Å². The smallest absolute Gasteiger partial charge is 0.388 e. The standard InChI is InChI=1S/C8H8F3NO.C2H6/c1-2-6-3-4-12-7(5-6)13-8(9,10)11;1-2/h3-5H,2H2,1H3;1-2H3. The number of hydrogen-bond acceptors (Lipinski definition) is 2. The predicted molar refractivity (Wildman–Crippen MR) is 51.6 cm³/mol. The highest BCUT2D eigenvalue weighted by Crippen LogP contribution is 2.21. The largest absolute Gasteiger partial charge is 0.574 e. The van der Waals surface area contributed by atoms with Gasteiger partial charge < -0.3 is 4.74 Å². The van der Waals surface area contributed by atoms with Crippen LogP contribution in [0.3, 0.4) is 0 Å². The monoisotopic (exact) mass is 221 g/mol. The molecule has 0 saturated heterocycles. The molecule has 0 aromatic carbocycles. The summed E-state index contributed by atoms with van der Waals surface area (Å²) in [7, 11) is 0. The Labute approximate surface area is 87.1 Å². The number of aryl methyl sites for hydroxylation is 1. The Bertz CT molecular complexity index is 286. The summed E-state index contributed by atoms with van der Waals surface area (Å²) < 4.78 is 38.8. The number of aromatic nitrogens is 1. The molecule has 2 nitrogen and oxygen atoms in total. The maximum atomic E-state index is 11.7. The molecule has 0 saturated carbocycles. The molecule has 0 N–H and O–H groups in total. The van der Waals surface area contributed by atoms with E-state index in [0.29, 0.717) is 6.42 Å². The van der Waals surface area contributed by atoms with Crippen molar-refractivity contribution in [3.63, 3.8) is 0 Å². The minimum atomic E-state index is -4.67. The third-order valence-corrected chi connectivity index (χ3v) is 1.43. The second-order valence-corrected chi connectivity index (χ2v) is 2.40. The Hall–Kier alpha value is -1.26. The Morgan fingerprint density at radius 2 is 1.93 bits per heavy atom. The van der Waals surface area contributed by atoms with Crippen LogP contribution in [0.4, 0.5) is 13.2 Å². The average Bonchev–Trinajstić information content (AvgIpc) is 2.19. The number of alkyl halides is 3. The van der Waals surface area contributed by atoms with E-state index in [1.165, 1.54) is 12.3 Å². The zero-order chi connectivity index (χ0) is 11.9. The lowest BCUT2D eigenvalue weighted by molar-refractivity contribution is -0.276. The highest BCUT2D eigenvalue weighted by molar-refractivity contribution is 5.20. The van der Waals surface area contributed by atoms with Crippen molar-refractivity contribution in [2.24, 2.45) is 0 Å². The molecule has 0 unspecified atom stereocenters. The highest BCUT2D eigenvalue weighted by atomic mass is 19.4. The number of pyridine rings is 1. The van der Waals surface area contributed by atoms with Crippen molar-refractivity contribution in [1.29, 1.82) is 0 Å². The van der Waals surface area contributed by atoms with E-state index in [0.717, 1.165) is 5.56 Å². The lowest BCUT2D eigenvalue weighted by Crippen LogP contribution is -2.17. The van der Waals surface area contributed by atoms with Crippen molar-refractivity contribution >= 4 is 0 Å². The van der Waals surface area contributed by atoms with Gasteiger partial charge in [0.2, 0.25) is 5.88 Å². The van der Waals surface area contributed by atoms with E-state index >= 15 is 0 Å². The number of nitrogens with zero attached hydrogens (tertiary/aromatic N) is 1. The summed E-state index contributed by atoms with van der Waals surface area (Å²) >= 11 is 0. The molecule has 1 heterocycles. The SMILES string of the molecule is CC.CCc1ccnc(OC(F)(F)F)c1. The molecule has 0 radical (unpaired) electrons. The fourth-order valence-corrected chi connectivity index (χ4v) is 0.845. The molecule has 5 heteroatoms. The van der Waals surface area contributed by atoms with Gasteiger partial charge in [0.15, 0.2) is 0 Å². The second-order valence-electron chi connectivity index (χ2n) is 2.40. The average molecular weight is 221 g/mol. The molecule has 0 aliphatic carbocycles. The molecule has 0 aliphatic rings. The fraction of sp³-hybridized carbons (Fsp3) is 0.500. The molecule has 1 aromatic heterocycles. The van der Waals surface area contributed by atoms with E-state index in [1.807, 2.05) is 20.8 Å². The molecular formula is C10H14F3NO. The molecule has 0 fully saturated rings. The molecule has 1 aromatic rings. The van der Waals surface area contributed by atoms with Gasteiger partial charge in [-0.05, 0) is 18.1 Å². The zero-order valence-corrected chi connectivity index (χ0v) is 8.93. The number of halogens is 3. The normalized spacial score (nSPS) is 10.3. The van der Waals surface area contributed by atoms with Crippen molar-refractivity contribution in [1.82, 2.24) is 4.98 Å². The molecule has 15 heavy (non-hydrogen) atoms. The summed E-state index contributed by atoms with van der Waals surface area (Å²) in [5.74, 6) is -0.410. The quantitative estimate of drug-likeness (QED) is 0.761. The third kappa shape index (κ3) is 5.93. The van der Waals surface area contributed by atoms with Crippen LogP contribution in [0.2, 0.25) is 0 Å². The molecule has 1 rings (SSSR count). The van der Waals surface area contributed by atoms with Crippen molar-refractivity contribution in [3.8, 4) is 5.88 Å². The van der Waals surface area contributed by atoms with Gasteiger partial charge in [0, 0.05) is 12.3 Å². The summed E-state index contributed by atoms with van der Waals surface area (Å²) in [6.45, 7) is 5.84. The Morgan fingerprint density at radius 1 is 1.33 bits per heavy atom. The highest BCUT2D eigenvalue weighted by Gasteiger charge is 2.31. The number of ether oxygens (including phenoxy) is 1. The summed E-state index contributed by atoms with van der Waals surface area (Å²) in [5, 5.41) is 0. The van der Waals surface area contributed by atoms with Crippen LogP contribution < -0.4 is 4.74 Å². The minimum Gasteiger partial charge on any atom is -0.388 e. The number of hydrogen-bond donors (Lipinski definition) is 0. The molecule has 86 valence electrons.